The Bertz CT molecular complexity index is 1730. The molecule has 0 saturated heterocycles. The van der Waals surface area contributed by atoms with Gasteiger partial charge in [-0.1, -0.05) is 18.2 Å². The SMILES string of the molecule is COc1ccc(NC(=O)c2ccc3c(c2)c(-c2cc4ccccc4n2C)nn3C)cc1S(N)(=O)=O. The number of hydrogen-bond acceptors (Lipinski definition) is 5. The Morgan fingerprint density at radius 2 is 1.77 bits per heavy atom. The normalized spacial score (nSPS) is 11.8. The summed E-state index contributed by atoms with van der Waals surface area (Å²) in [4.78, 5) is 12.9. The van der Waals surface area contributed by atoms with Crippen molar-refractivity contribution in [1.82, 2.24) is 14.3 Å². The molecule has 178 valence electrons. The van der Waals surface area contributed by atoms with E-state index < -0.39 is 15.9 Å². The topological polar surface area (TPSA) is 121 Å². The van der Waals surface area contributed by atoms with Crippen LogP contribution in [0.15, 0.2) is 71.6 Å². The Balaban J connectivity index is 1.55. The van der Waals surface area contributed by atoms with Crippen LogP contribution in [0.2, 0.25) is 0 Å². The third-order valence-corrected chi connectivity index (χ3v) is 6.97. The van der Waals surface area contributed by atoms with Gasteiger partial charge in [-0.05, 0) is 48.5 Å². The van der Waals surface area contributed by atoms with E-state index in [2.05, 4.69) is 16.0 Å². The van der Waals surface area contributed by atoms with Gasteiger partial charge >= 0.3 is 0 Å². The fourth-order valence-corrected chi connectivity index (χ4v) is 5.02. The molecule has 0 unspecified atom stereocenters. The van der Waals surface area contributed by atoms with Crippen LogP contribution in [0.4, 0.5) is 5.69 Å². The van der Waals surface area contributed by atoms with E-state index in [9.17, 15) is 13.2 Å². The highest BCUT2D eigenvalue weighted by atomic mass is 32.2. The first-order valence-corrected chi connectivity index (χ1v) is 12.3. The summed E-state index contributed by atoms with van der Waals surface area (Å²) in [5.41, 5.74) is 4.33. The van der Waals surface area contributed by atoms with Gasteiger partial charge in [-0.2, -0.15) is 5.10 Å². The number of hydrogen-bond donors (Lipinski definition) is 2. The quantitative estimate of drug-likeness (QED) is 0.390. The van der Waals surface area contributed by atoms with Crippen molar-refractivity contribution < 1.29 is 17.9 Å². The number of benzene rings is 3. The molecule has 0 fully saturated rings. The lowest BCUT2D eigenvalue weighted by molar-refractivity contribution is 0.102. The second kappa shape index (κ2) is 8.26. The Kier molecular flexibility index (Phi) is 5.34. The number of aromatic nitrogens is 3. The first-order valence-electron chi connectivity index (χ1n) is 10.7. The molecule has 10 heteroatoms. The zero-order valence-corrected chi connectivity index (χ0v) is 20.1. The number of anilines is 1. The van der Waals surface area contributed by atoms with Gasteiger partial charge in [0.25, 0.3) is 5.91 Å². The number of fused-ring (bicyclic) bond motifs is 2. The third kappa shape index (κ3) is 3.92. The fraction of sp³-hybridized carbons (Fsp3) is 0.120. The molecule has 2 heterocycles. The zero-order valence-electron chi connectivity index (χ0n) is 19.3. The van der Waals surface area contributed by atoms with Crippen molar-refractivity contribution in [2.75, 3.05) is 12.4 Å². The molecule has 3 N–H and O–H groups in total. The van der Waals surface area contributed by atoms with Crippen molar-refractivity contribution in [3.8, 4) is 17.1 Å². The van der Waals surface area contributed by atoms with Gasteiger partial charge in [-0.25, -0.2) is 13.6 Å². The summed E-state index contributed by atoms with van der Waals surface area (Å²) >= 11 is 0. The van der Waals surface area contributed by atoms with Crippen LogP contribution in [0.3, 0.4) is 0 Å². The van der Waals surface area contributed by atoms with E-state index in [4.69, 9.17) is 15.0 Å². The first-order chi connectivity index (χ1) is 16.7. The summed E-state index contributed by atoms with van der Waals surface area (Å²) in [6.45, 7) is 0. The highest BCUT2D eigenvalue weighted by Gasteiger charge is 2.19. The summed E-state index contributed by atoms with van der Waals surface area (Å²) < 4.78 is 32.7. The molecule has 2 aromatic heterocycles. The molecule has 9 nitrogen and oxygen atoms in total. The smallest absolute Gasteiger partial charge is 0.255 e. The fourth-order valence-electron chi connectivity index (χ4n) is 4.29. The number of nitrogens with two attached hydrogens (primary N) is 1. The molecule has 0 aliphatic rings. The van der Waals surface area contributed by atoms with Crippen LogP contribution in [-0.2, 0) is 24.1 Å². The van der Waals surface area contributed by atoms with Gasteiger partial charge in [-0.3, -0.25) is 9.48 Å². The number of para-hydroxylation sites is 1. The molecule has 0 bridgehead atoms. The van der Waals surface area contributed by atoms with E-state index >= 15 is 0 Å². The molecular weight excluding hydrogens is 466 g/mol. The van der Waals surface area contributed by atoms with Crippen molar-refractivity contribution in [1.29, 1.82) is 0 Å². The van der Waals surface area contributed by atoms with Gasteiger partial charge in [-0.15, -0.1) is 0 Å². The highest BCUT2D eigenvalue weighted by Crippen LogP contribution is 2.32. The van der Waals surface area contributed by atoms with Gasteiger partial charge in [0, 0.05) is 41.6 Å². The number of rotatable bonds is 5. The van der Waals surface area contributed by atoms with Crippen LogP contribution < -0.4 is 15.2 Å². The number of amides is 1. The lowest BCUT2D eigenvalue weighted by Crippen LogP contribution is -2.16. The second-order valence-electron chi connectivity index (χ2n) is 8.22. The van der Waals surface area contributed by atoms with E-state index in [-0.39, 0.29) is 16.3 Å². The summed E-state index contributed by atoms with van der Waals surface area (Å²) in [7, 11) is 1.16. The predicted octanol–water partition coefficient (Wildman–Crippen LogP) is 3.64. The van der Waals surface area contributed by atoms with Crippen LogP contribution in [0.1, 0.15) is 10.4 Å². The van der Waals surface area contributed by atoms with E-state index in [1.165, 1.54) is 19.2 Å². The number of nitrogens with zero attached hydrogens (tertiary/aromatic N) is 3. The summed E-state index contributed by atoms with van der Waals surface area (Å²) in [6.07, 6.45) is 0. The summed E-state index contributed by atoms with van der Waals surface area (Å²) in [5, 5.41) is 14.7. The van der Waals surface area contributed by atoms with E-state index in [0.717, 1.165) is 33.2 Å². The van der Waals surface area contributed by atoms with Gasteiger partial charge < -0.3 is 14.6 Å². The molecule has 0 radical (unpaired) electrons. The molecule has 0 aliphatic heterocycles. The van der Waals surface area contributed by atoms with E-state index in [0.29, 0.717) is 5.56 Å². The Morgan fingerprint density at radius 1 is 1.00 bits per heavy atom. The number of ether oxygens (including phenoxy) is 1. The molecule has 0 saturated carbocycles. The Morgan fingerprint density at radius 3 is 2.49 bits per heavy atom. The van der Waals surface area contributed by atoms with Gasteiger partial charge in [0.2, 0.25) is 10.0 Å². The van der Waals surface area contributed by atoms with Gasteiger partial charge in [0.1, 0.15) is 16.3 Å². The lowest BCUT2D eigenvalue weighted by atomic mass is 10.1. The molecule has 0 spiro atoms. The Hall–Kier alpha value is -4.15. The average Bonchev–Trinajstić information content (AvgIpc) is 3.34. The van der Waals surface area contributed by atoms with Crippen LogP contribution in [0, 0.1) is 0 Å². The number of primary sulfonamides is 1. The van der Waals surface area contributed by atoms with Crippen LogP contribution in [0.25, 0.3) is 33.2 Å². The summed E-state index contributed by atoms with van der Waals surface area (Å²) in [6, 6.07) is 19.8. The molecule has 5 rings (SSSR count). The first kappa shape index (κ1) is 22.6. The minimum atomic E-state index is -4.04. The molecule has 0 atom stereocenters. The van der Waals surface area contributed by atoms with E-state index in [1.807, 2.05) is 44.4 Å². The second-order valence-corrected chi connectivity index (χ2v) is 9.75. The minimum absolute atomic E-state index is 0.0990. The number of methoxy groups -OCH3 is 1. The van der Waals surface area contributed by atoms with Crippen molar-refractivity contribution in [3.05, 3.63) is 72.3 Å². The van der Waals surface area contributed by atoms with E-state index in [1.54, 1.807) is 22.9 Å². The largest absolute Gasteiger partial charge is 0.495 e. The molecule has 5 aromatic rings. The highest BCUT2D eigenvalue weighted by molar-refractivity contribution is 7.89. The number of aryl methyl sites for hydroxylation is 2. The molecular formula is C25H23N5O4S. The predicted molar refractivity (Wildman–Crippen MR) is 135 cm³/mol. The van der Waals surface area contributed by atoms with Crippen LogP contribution in [0.5, 0.6) is 5.75 Å². The van der Waals surface area contributed by atoms with Crippen molar-refractivity contribution in [2.45, 2.75) is 4.90 Å². The zero-order chi connectivity index (χ0) is 24.9. The summed E-state index contributed by atoms with van der Waals surface area (Å²) in [5.74, 6) is -0.300. The number of nitrogens with one attached hydrogen (secondary N) is 1. The number of carbonyl (C=O) groups excluding carboxylic acids is 1. The molecule has 1 amide bonds. The van der Waals surface area contributed by atoms with Gasteiger partial charge in [0.05, 0.1) is 18.3 Å². The molecule has 3 aromatic carbocycles. The maximum Gasteiger partial charge on any atom is 0.255 e. The minimum Gasteiger partial charge on any atom is -0.495 e. The maximum absolute atomic E-state index is 13.1. The average molecular weight is 490 g/mol. The molecule has 35 heavy (non-hydrogen) atoms. The van der Waals surface area contributed by atoms with Crippen LogP contribution in [-0.4, -0.2) is 35.8 Å². The third-order valence-electron chi connectivity index (χ3n) is 6.03. The van der Waals surface area contributed by atoms with Crippen molar-refractivity contribution >= 4 is 43.4 Å². The molecule has 0 aliphatic carbocycles. The van der Waals surface area contributed by atoms with Crippen molar-refractivity contribution in [2.24, 2.45) is 19.2 Å². The van der Waals surface area contributed by atoms with Crippen LogP contribution >= 0.6 is 0 Å². The standard InChI is InChI=1S/C25H23N5O4S/c1-29-19-7-5-4-6-15(19)13-21(29)24-18-12-16(8-10-20(18)30(2)28-24)25(31)27-17-9-11-22(34-3)23(14-17)35(26,32)33/h4-14H,1-3H3,(H,27,31)(H2,26,32,33). The maximum atomic E-state index is 13.1. The monoisotopic (exact) mass is 489 g/mol. The number of carbonyl (C=O) groups is 1. The van der Waals surface area contributed by atoms with Gasteiger partial charge in [0.15, 0.2) is 0 Å². The van der Waals surface area contributed by atoms with Crippen molar-refractivity contribution in [3.63, 3.8) is 0 Å². The Labute approximate surface area is 201 Å². The number of sulfonamides is 1. The lowest BCUT2D eigenvalue weighted by Gasteiger charge is -2.10.